The van der Waals surface area contributed by atoms with Crippen LogP contribution in [0.3, 0.4) is 0 Å². The number of aryl methyl sites for hydroxylation is 1. The molecule has 0 N–H and O–H groups in total. The van der Waals surface area contributed by atoms with Gasteiger partial charge in [0.15, 0.2) is 0 Å². The first-order chi connectivity index (χ1) is 10.5. The van der Waals surface area contributed by atoms with E-state index in [2.05, 4.69) is 0 Å². The molecule has 5 heteroatoms. The number of fused-ring (bicyclic) bond motifs is 1. The van der Waals surface area contributed by atoms with E-state index in [1.54, 1.807) is 16.4 Å². The number of sulfonamides is 1. The second kappa shape index (κ2) is 4.65. The first-order valence-corrected chi connectivity index (χ1v) is 8.76. The van der Waals surface area contributed by atoms with Gasteiger partial charge in [0.05, 0.1) is 11.4 Å². The molecule has 2 aromatic rings. The van der Waals surface area contributed by atoms with Crippen LogP contribution in [-0.2, 0) is 20.4 Å². The van der Waals surface area contributed by atoms with Crippen LogP contribution in [0, 0.1) is 6.92 Å². The molecule has 0 saturated carbocycles. The Bertz CT molecular complexity index is 802. The third-order valence-electron chi connectivity index (χ3n) is 4.52. The van der Waals surface area contributed by atoms with Crippen LogP contribution in [0.2, 0.25) is 0 Å². The van der Waals surface area contributed by atoms with Crippen molar-refractivity contribution in [3.63, 3.8) is 0 Å². The van der Waals surface area contributed by atoms with Gasteiger partial charge >= 0.3 is 0 Å². The fraction of sp³-hybridized carbons (Fsp3) is 0.294. The molecule has 0 radical (unpaired) electrons. The fourth-order valence-corrected chi connectivity index (χ4v) is 4.63. The van der Waals surface area contributed by atoms with Crippen LogP contribution in [0.15, 0.2) is 59.5 Å². The van der Waals surface area contributed by atoms with E-state index in [9.17, 15) is 8.42 Å². The average molecular weight is 315 g/mol. The molecule has 2 atom stereocenters. The zero-order valence-corrected chi connectivity index (χ0v) is 13.1. The molecular formula is C17H17NO3S. The van der Waals surface area contributed by atoms with Gasteiger partial charge in [-0.15, -0.1) is 0 Å². The summed E-state index contributed by atoms with van der Waals surface area (Å²) in [4.78, 5) is 0.350. The molecule has 0 bridgehead atoms. The minimum atomic E-state index is -3.45. The summed E-state index contributed by atoms with van der Waals surface area (Å²) in [6.07, 6.45) is -0.0323. The predicted octanol–water partition coefficient (Wildman–Crippen LogP) is 2.29. The fourth-order valence-electron chi connectivity index (χ4n) is 3.16. The van der Waals surface area contributed by atoms with Crippen molar-refractivity contribution in [3.8, 4) is 0 Å². The van der Waals surface area contributed by atoms with Gasteiger partial charge in [-0.3, -0.25) is 0 Å². The number of morpholine rings is 1. The molecule has 0 spiro atoms. The molecule has 0 aliphatic carbocycles. The van der Waals surface area contributed by atoms with Gasteiger partial charge in [0.2, 0.25) is 10.0 Å². The number of rotatable bonds is 3. The van der Waals surface area contributed by atoms with Crippen molar-refractivity contribution < 1.29 is 13.2 Å². The molecule has 2 saturated heterocycles. The number of epoxide rings is 1. The Morgan fingerprint density at radius 3 is 2.45 bits per heavy atom. The van der Waals surface area contributed by atoms with Gasteiger partial charge in [0.25, 0.3) is 0 Å². The molecule has 22 heavy (non-hydrogen) atoms. The molecular weight excluding hydrogens is 298 g/mol. The maximum absolute atomic E-state index is 12.8. The number of ether oxygens (including phenoxy) is 1. The Kier molecular flexibility index (Phi) is 2.95. The van der Waals surface area contributed by atoms with Crippen molar-refractivity contribution in [1.82, 2.24) is 4.31 Å². The molecule has 4 rings (SSSR count). The summed E-state index contributed by atoms with van der Waals surface area (Å²) >= 11 is 0. The van der Waals surface area contributed by atoms with E-state index < -0.39 is 15.6 Å². The summed E-state index contributed by atoms with van der Waals surface area (Å²) in [5.74, 6) is 0. The van der Waals surface area contributed by atoms with Crippen molar-refractivity contribution in [2.75, 3.05) is 13.1 Å². The van der Waals surface area contributed by atoms with E-state index in [0.717, 1.165) is 11.1 Å². The lowest BCUT2D eigenvalue weighted by atomic mass is 9.98. The first-order valence-electron chi connectivity index (χ1n) is 7.32. The van der Waals surface area contributed by atoms with Crippen molar-refractivity contribution in [2.45, 2.75) is 23.5 Å². The number of nitrogens with zero attached hydrogens (tertiary/aromatic N) is 1. The molecule has 2 aliphatic rings. The molecule has 114 valence electrons. The minimum absolute atomic E-state index is 0.0323. The average Bonchev–Trinajstić information content (AvgIpc) is 3.10. The second-order valence-corrected chi connectivity index (χ2v) is 7.91. The third-order valence-corrected chi connectivity index (χ3v) is 6.34. The highest BCUT2D eigenvalue weighted by molar-refractivity contribution is 7.89. The van der Waals surface area contributed by atoms with E-state index in [4.69, 9.17) is 4.74 Å². The maximum Gasteiger partial charge on any atom is 0.243 e. The molecule has 0 aromatic heterocycles. The summed E-state index contributed by atoms with van der Waals surface area (Å²) in [6.45, 7) is 2.75. The van der Waals surface area contributed by atoms with Gasteiger partial charge in [-0.05, 0) is 24.6 Å². The normalized spacial score (nSPS) is 27.6. The highest BCUT2D eigenvalue weighted by atomic mass is 32.2. The number of benzene rings is 2. The number of hydrogen-bond acceptors (Lipinski definition) is 3. The van der Waals surface area contributed by atoms with Crippen molar-refractivity contribution in [3.05, 3.63) is 65.7 Å². The summed E-state index contributed by atoms with van der Waals surface area (Å²) in [6, 6.07) is 16.9. The third kappa shape index (κ3) is 2.00. The summed E-state index contributed by atoms with van der Waals surface area (Å²) in [5.41, 5.74) is 1.66. The van der Waals surface area contributed by atoms with E-state index in [1.165, 1.54) is 0 Å². The van der Waals surface area contributed by atoms with Crippen LogP contribution in [0.25, 0.3) is 0 Å². The highest BCUT2D eigenvalue weighted by Crippen LogP contribution is 2.52. The maximum atomic E-state index is 12.8. The van der Waals surface area contributed by atoms with Crippen LogP contribution in [-0.4, -0.2) is 31.9 Å². The summed E-state index contributed by atoms with van der Waals surface area (Å²) < 4.78 is 32.9. The Morgan fingerprint density at radius 1 is 1.09 bits per heavy atom. The van der Waals surface area contributed by atoms with Crippen molar-refractivity contribution in [2.24, 2.45) is 0 Å². The lowest BCUT2D eigenvalue weighted by Gasteiger charge is -2.20. The van der Waals surface area contributed by atoms with E-state index in [0.29, 0.717) is 18.0 Å². The quantitative estimate of drug-likeness (QED) is 0.817. The molecule has 2 aliphatic heterocycles. The Hall–Kier alpha value is -1.69. The van der Waals surface area contributed by atoms with Gasteiger partial charge in [-0.1, -0.05) is 48.0 Å². The topological polar surface area (TPSA) is 49.9 Å². The minimum Gasteiger partial charge on any atom is -0.358 e. The van der Waals surface area contributed by atoms with Gasteiger partial charge in [0, 0.05) is 6.54 Å². The molecule has 2 unspecified atom stereocenters. The van der Waals surface area contributed by atoms with Gasteiger partial charge in [0.1, 0.15) is 11.7 Å². The SMILES string of the molecule is Cc1ccc(S(=O)(=O)N2CC3OC3(c3ccccc3)C2)cc1. The smallest absolute Gasteiger partial charge is 0.243 e. The zero-order valence-electron chi connectivity index (χ0n) is 12.3. The monoisotopic (exact) mass is 315 g/mol. The first kappa shape index (κ1) is 13.9. The molecule has 2 aromatic carbocycles. The number of hydrogen-bond donors (Lipinski definition) is 0. The van der Waals surface area contributed by atoms with Crippen LogP contribution in [0.5, 0.6) is 0 Å². The highest BCUT2D eigenvalue weighted by Gasteiger charge is 2.65. The van der Waals surface area contributed by atoms with E-state index in [-0.39, 0.29) is 6.10 Å². The standard InChI is InChI=1S/C17H17NO3S/c1-13-7-9-15(10-8-13)22(19,20)18-11-16-17(12-18,21-16)14-5-3-2-4-6-14/h2-10,16H,11-12H2,1H3. The van der Waals surface area contributed by atoms with E-state index >= 15 is 0 Å². The Labute approximate surface area is 130 Å². The lowest BCUT2D eigenvalue weighted by Crippen LogP contribution is -2.33. The van der Waals surface area contributed by atoms with E-state index in [1.807, 2.05) is 49.4 Å². The largest absolute Gasteiger partial charge is 0.358 e. The molecule has 2 fully saturated rings. The Balaban J connectivity index is 1.63. The van der Waals surface area contributed by atoms with Gasteiger partial charge in [-0.2, -0.15) is 4.31 Å². The van der Waals surface area contributed by atoms with Gasteiger partial charge < -0.3 is 4.74 Å². The van der Waals surface area contributed by atoms with Gasteiger partial charge in [-0.25, -0.2) is 8.42 Å². The summed E-state index contributed by atoms with van der Waals surface area (Å²) in [7, 11) is -3.45. The zero-order chi connectivity index (χ0) is 15.4. The second-order valence-electron chi connectivity index (χ2n) is 5.97. The lowest BCUT2D eigenvalue weighted by molar-refractivity contribution is 0.216. The molecule has 4 nitrogen and oxygen atoms in total. The van der Waals surface area contributed by atoms with Crippen molar-refractivity contribution in [1.29, 1.82) is 0 Å². The van der Waals surface area contributed by atoms with Crippen LogP contribution in [0.4, 0.5) is 0 Å². The predicted molar refractivity (Wildman–Crippen MR) is 82.9 cm³/mol. The summed E-state index contributed by atoms with van der Waals surface area (Å²) in [5, 5.41) is 0. The molecule has 2 heterocycles. The van der Waals surface area contributed by atoms with Crippen molar-refractivity contribution >= 4 is 10.0 Å². The van der Waals surface area contributed by atoms with Crippen LogP contribution in [0.1, 0.15) is 11.1 Å². The molecule has 0 amide bonds. The van der Waals surface area contributed by atoms with Crippen LogP contribution >= 0.6 is 0 Å². The van der Waals surface area contributed by atoms with Crippen LogP contribution < -0.4 is 0 Å². The Morgan fingerprint density at radius 2 is 1.77 bits per heavy atom.